The van der Waals surface area contributed by atoms with E-state index in [1.165, 1.54) is 46.2 Å². The van der Waals surface area contributed by atoms with Gasteiger partial charge in [-0.15, -0.1) is 0 Å². The van der Waals surface area contributed by atoms with Crippen LogP contribution in [0.15, 0.2) is 97.6 Å². The summed E-state index contributed by atoms with van der Waals surface area (Å²) < 4.78 is 30.5. The van der Waals surface area contributed by atoms with Crippen molar-refractivity contribution in [2.45, 2.75) is 104 Å². The number of benzene rings is 4. The van der Waals surface area contributed by atoms with Crippen LogP contribution >= 0.6 is 23.2 Å². The van der Waals surface area contributed by atoms with Gasteiger partial charge in [0.2, 0.25) is 0 Å². The minimum Gasteiger partial charge on any atom is -0.488 e. The summed E-state index contributed by atoms with van der Waals surface area (Å²) in [5.41, 5.74) is 11.6. The van der Waals surface area contributed by atoms with Crippen molar-refractivity contribution < 1.29 is 48.6 Å². The number of ether oxygens (including phenoxy) is 5. The van der Waals surface area contributed by atoms with Crippen molar-refractivity contribution >= 4 is 35.1 Å². The molecule has 2 aromatic heterocycles. The number of nitrogens with two attached hydrogens (primary N) is 1. The predicted molar refractivity (Wildman–Crippen MR) is 268 cm³/mol. The summed E-state index contributed by atoms with van der Waals surface area (Å²) in [6.45, 7) is 9.94. The molecule has 2 atom stereocenters. The number of nitrogens with zero attached hydrogens (tertiary/aromatic N) is 4. The van der Waals surface area contributed by atoms with Crippen LogP contribution in [0.25, 0.3) is 11.1 Å². The van der Waals surface area contributed by atoms with Gasteiger partial charge >= 0.3 is 11.9 Å². The Morgan fingerprint density at radius 2 is 1.18 bits per heavy atom. The number of carbonyl (C=O) groups is 2. The van der Waals surface area contributed by atoms with E-state index in [0.717, 1.165) is 33.4 Å². The zero-order valence-electron chi connectivity index (χ0n) is 40.5. The van der Waals surface area contributed by atoms with Gasteiger partial charge in [-0.3, -0.25) is 30.6 Å². The standard InChI is InChI=1S/C54H54Cl2N6O10/c1-31-37(29-70-47-17-45(68-27-35-13-33(20-57)22-60-24-35)39(15-43(47)55)26-62-50(52(64)65)54(5,6)67)9-7-11-40(31)41-12-8-10-38(32(41)2)30-71-48-18-46(69-28-36-14-34(21-58)23-61-25-36)42(16-44(48)56)51(59)72-49(63)19-53(3,4)66/h7-18,22-25,50-51,62,66-67H,19,26-30,59H2,1-6H3,(H,64,65). The highest BCUT2D eigenvalue weighted by atomic mass is 35.5. The van der Waals surface area contributed by atoms with E-state index in [1.807, 2.05) is 50.2 Å². The largest absolute Gasteiger partial charge is 0.488 e. The molecule has 0 aliphatic rings. The number of carboxylic acid groups (broad SMARTS) is 1. The number of carboxylic acids is 1. The van der Waals surface area contributed by atoms with Crippen LogP contribution in [0.3, 0.4) is 0 Å². The molecule has 0 aliphatic heterocycles. The number of aliphatic hydroxyl groups is 2. The molecular formula is C54H54Cl2N6O10. The van der Waals surface area contributed by atoms with Crippen molar-refractivity contribution in [2.75, 3.05) is 0 Å². The minimum absolute atomic E-state index is 0.0160. The molecule has 6 N–H and O–H groups in total. The van der Waals surface area contributed by atoms with Crippen LogP contribution in [0.1, 0.15) is 96.0 Å². The maximum atomic E-state index is 12.6. The van der Waals surface area contributed by atoms with Gasteiger partial charge in [-0.05, 0) is 99.2 Å². The molecule has 0 saturated heterocycles. The fourth-order valence-corrected chi connectivity index (χ4v) is 8.04. The second-order valence-corrected chi connectivity index (χ2v) is 19.0. The first kappa shape index (κ1) is 54.1. The van der Waals surface area contributed by atoms with E-state index in [2.05, 4.69) is 27.4 Å². The molecular weight excluding hydrogens is 964 g/mol. The third-order valence-electron chi connectivity index (χ3n) is 11.4. The molecule has 0 amide bonds. The first-order valence-corrected chi connectivity index (χ1v) is 23.3. The highest BCUT2D eigenvalue weighted by Crippen LogP contribution is 2.39. The van der Waals surface area contributed by atoms with Gasteiger partial charge in [-0.2, -0.15) is 10.5 Å². The lowest BCUT2D eigenvalue weighted by molar-refractivity contribution is -0.153. The van der Waals surface area contributed by atoms with Crippen molar-refractivity contribution in [2.24, 2.45) is 5.73 Å². The van der Waals surface area contributed by atoms with Gasteiger partial charge in [-0.25, -0.2) is 0 Å². The van der Waals surface area contributed by atoms with Gasteiger partial charge < -0.3 is 39.0 Å². The molecule has 4 aromatic carbocycles. The summed E-state index contributed by atoms with van der Waals surface area (Å²) in [7, 11) is 0. The second kappa shape index (κ2) is 23.8. The quantitative estimate of drug-likeness (QED) is 0.0314. The van der Waals surface area contributed by atoms with E-state index in [1.54, 1.807) is 42.7 Å². The van der Waals surface area contributed by atoms with Gasteiger partial charge in [0, 0.05) is 60.2 Å². The molecule has 2 heterocycles. The van der Waals surface area contributed by atoms with Crippen molar-refractivity contribution in [1.29, 1.82) is 10.5 Å². The summed E-state index contributed by atoms with van der Waals surface area (Å²) in [6.07, 6.45) is 4.38. The Morgan fingerprint density at radius 3 is 1.67 bits per heavy atom. The summed E-state index contributed by atoms with van der Waals surface area (Å²) in [5, 5.41) is 52.5. The molecule has 0 aliphatic carbocycles. The molecule has 6 rings (SSSR count). The normalized spacial score (nSPS) is 12.2. The number of nitriles is 2. The number of rotatable bonds is 22. The first-order chi connectivity index (χ1) is 34.1. The zero-order valence-corrected chi connectivity index (χ0v) is 42.0. The van der Waals surface area contributed by atoms with Crippen LogP contribution in [0.4, 0.5) is 0 Å². The molecule has 6 aromatic rings. The number of aliphatic carboxylic acids is 1. The van der Waals surface area contributed by atoms with E-state index < -0.39 is 35.4 Å². The van der Waals surface area contributed by atoms with Gasteiger partial charge in [0.05, 0.1) is 44.4 Å². The lowest BCUT2D eigenvalue weighted by Crippen LogP contribution is -2.51. The van der Waals surface area contributed by atoms with E-state index >= 15 is 0 Å². The van der Waals surface area contributed by atoms with Crippen LogP contribution in [0, 0.1) is 36.5 Å². The van der Waals surface area contributed by atoms with Gasteiger partial charge in [0.25, 0.3) is 0 Å². The van der Waals surface area contributed by atoms with E-state index in [4.69, 9.17) is 52.6 Å². The predicted octanol–water partition coefficient (Wildman–Crippen LogP) is 9.10. The Labute approximate surface area is 427 Å². The smallest absolute Gasteiger partial charge is 0.323 e. The van der Waals surface area contributed by atoms with Crippen molar-refractivity contribution in [3.8, 4) is 46.3 Å². The highest BCUT2D eigenvalue weighted by Gasteiger charge is 2.33. The van der Waals surface area contributed by atoms with Gasteiger partial charge in [0.15, 0.2) is 6.23 Å². The fraction of sp³-hybridized carbons (Fsp3) is 0.296. The number of aromatic nitrogens is 2. The number of hydrogen-bond donors (Lipinski definition) is 5. The van der Waals surface area contributed by atoms with Gasteiger partial charge in [-0.1, -0.05) is 59.6 Å². The Balaban J connectivity index is 1.22. The number of carbonyl (C=O) groups excluding carboxylic acids is 1. The van der Waals surface area contributed by atoms with Crippen molar-refractivity contribution in [3.05, 3.63) is 163 Å². The summed E-state index contributed by atoms with van der Waals surface area (Å²) >= 11 is 13.6. The number of hydrogen-bond acceptors (Lipinski definition) is 15. The molecule has 18 heteroatoms. The summed E-state index contributed by atoms with van der Waals surface area (Å²) in [5.74, 6) is -0.872. The molecule has 16 nitrogen and oxygen atoms in total. The number of nitrogens with one attached hydrogen (secondary N) is 1. The lowest BCUT2D eigenvalue weighted by atomic mass is 9.92. The highest BCUT2D eigenvalue weighted by molar-refractivity contribution is 6.32. The molecule has 0 radical (unpaired) electrons. The second-order valence-electron chi connectivity index (χ2n) is 18.1. The van der Waals surface area contributed by atoms with E-state index in [0.29, 0.717) is 39.3 Å². The monoisotopic (exact) mass is 1020 g/mol. The average Bonchev–Trinajstić information content (AvgIpc) is 3.32. The van der Waals surface area contributed by atoms with Crippen LogP contribution < -0.4 is 30.0 Å². The fourth-order valence-electron chi connectivity index (χ4n) is 7.57. The summed E-state index contributed by atoms with van der Waals surface area (Å²) in [6, 6.07) is 24.2. The molecule has 0 spiro atoms. The third kappa shape index (κ3) is 14.4. The van der Waals surface area contributed by atoms with Crippen molar-refractivity contribution in [3.63, 3.8) is 0 Å². The molecule has 0 fully saturated rings. The molecule has 0 saturated carbocycles. The summed E-state index contributed by atoms with van der Waals surface area (Å²) in [4.78, 5) is 32.9. The molecule has 72 heavy (non-hydrogen) atoms. The third-order valence-corrected chi connectivity index (χ3v) is 11.9. The van der Waals surface area contributed by atoms with Crippen LogP contribution in [0.2, 0.25) is 10.0 Å². The molecule has 0 bridgehead atoms. The minimum atomic E-state index is -1.59. The van der Waals surface area contributed by atoms with E-state index in [9.17, 15) is 35.4 Å². The first-order valence-electron chi connectivity index (χ1n) is 22.5. The van der Waals surface area contributed by atoms with Gasteiger partial charge in [0.1, 0.15) is 67.6 Å². The zero-order chi connectivity index (χ0) is 52.3. The van der Waals surface area contributed by atoms with Crippen LogP contribution in [-0.4, -0.2) is 54.5 Å². The SMILES string of the molecule is Cc1c(COc2cc(OCc3cncc(C#N)c3)c(CNC(C(=O)O)C(C)(C)O)cc2Cl)cccc1-c1cccc(COc2cc(OCc3cncc(C#N)c3)c(C(N)OC(=O)CC(C)(C)O)cc2Cl)c1C. The average molecular weight is 1020 g/mol. The van der Waals surface area contributed by atoms with Crippen LogP contribution in [-0.2, 0) is 47.3 Å². The number of halogens is 2. The Kier molecular flexibility index (Phi) is 17.8. The maximum absolute atomic E-state index is 12.6. The number of esters is 1. The maximum Gasteiger partial charge on any atom is 0.323 e. The lowest BCUT2D eigenvalue weighted by Gasteiger charge is -2.27. The molecule has 2 unspecified atom stereocenters. The van der Waals surface area contributed by atoms with Crippen LogP contribution in [0.5, 0.6) is 23.0 Å². The Bertz CT molecular complexity index is 3030. The van der Waals surface area contributed by atoms with E-state index in [-0.39, 0.29) is 66.5 Å². The van der Waals surface area contributed by atoms with Crippen molar-refractivity contribution in [1.82, 2.24) is 15.3 Å². The molecule has 374 valence electrons. The number of pyridine rings is 2. The Hall–Kier alpha value is -7.28. The Morgan fingerprint density at radius 1 is 0.694 bits per heavy atom. The topological polar surface area (TPSA) is 252 Å².